The van der Waals surface area contributed by atoms with Crippen LogP contribution in [0.2, 0.25) is 0 Å². The van der Waals surface area contributed by atoms with Gasteiger partial charge in [-0.05, 0) is 26.0 Å². The van der Waals surface area contributed by atoms with E-state index in [1.54, 1.807) is 0 Å². The van der Waals surface area contributed by atoms with Gasteiger partial charge in [-0.25, -0.2) is 9.13 Å². The Hall–Kier alpha value is -1.50. The molecular weight excluding hydrogens is 684 g/mol. The minimum atomic E-state index is -4.81. The first kappa shape index (κ1) is 42.5. The van der Waals surface area contributed by atoms with Crippen LogP contribution in [0.4, 0.5) is 0 Å². The third kappa shape index (κ3) is 15.7. The molecule has 2 aromatic heterocycles. The van der Waals surface area contributed by atoms with Crippen LogP contribution in [-0.2, 0) is 71.1 Å². The van der Waals surface area contributed by atoms with Crippen molar-refractivity contribution in [2.45, 2.75) is 40.2 Å². The summed E-state index contributed by atoms with van der Waals surface area (Å²) in [5.74, 6) is -3.02. The molecule has 2 heterocycles. The number of carbonyl (C=O) groups is 2. The summed E-state index contributed by atoms with van der Waals surface area (Å²) >= 11 is 0. The molecule has 0 aromatic carbocycles. The number of carboxylic acids is 2. The van der Waals surface area contributed by atoms with Crippen LogP contribution in [0.3, 0.4) is 0 Å². The van der Waals surface area contributed by atoms with Crippen molar-refractivity contribution in [2.75, 3.05) is 26.2 Å². The summed E-state index contributed by atoms with van der Waals surface area (Å²) < 4.78 is 31.0. The van der Waals surface area contributed by atoms with Gasteiger partial charge in [0, 0.05) is 54.4 Å². The number of hydrogen-bond donors (Lipinski definition) is 8. The first-order valence-electron chi connectivity index (χ1n) is 12.0. The summed E-state index contributed by atoms with van der Waals surface area (Å²) in [7, 11) is -9.62. The van der Waals surface area contributed by atoms with Gasteiger partial charge in [0.2, 0.25) is 0 Å². The van der Waals surface area contributed by atoms with Gasteiger partial charge in [-0.3, -0.25) is 38.4 Å². The molecular formula is C22H32MnN4NaO14P2+. The molecule has 0 aliphatic carbocycles. The molecule has 0 aliphatic rings. The number of hydrogen-bond acceptors (Lipinski definition) is 12. The van der Waals surface area contributed by atoms with E-state index in [1.165, 1.54) is 35.8 Å². The van der Waals surface area contributed by atoms with Crippen molar-refractivity contribution < 1.29 is 114 Å². The van der Waals surface area contributed by atoms with Crippen molar-refractivity contribution >= 4 is 27.6 Å². The zero-order chi connectivity index (χ0) is 31.8. The van der Waals surface area contributed by atoms with E-state index in [0.29, 0.717) is 0 Å². The second-order valence-corrected chi connectivity index (χ2v) is 11.6. The molecule has 22 heteroatoms. The molecule has 8 N–H and O–H groups in total. The Kier molecular flexibility index (Phi) is 18.0. The van der Waals surface area contributed by atoms with E-state index in [4.69, 9.17) is 19.6 Å². The average molecular weight is 716 g/mol. The molecule has 1 radical (unpaired) electrons. The minimum absolute atomic E-state index is 0. The molecule has 0 saturated carbocycles. The Bertz CT molecular complexity index is 1290. The fraction of sp³-hybridized carbons (Fsp3) is 0.455. The molecule has 18 nitrogen and oxygen atoms in total. The first-order valence-corrected chi connectivity index (χ1v) is 15.0. The van der Waals surface area contributed by atoms with E-state index in [9.17, 15) is 39.1 Å². The normalized spacial score (nSPS) is 11.7. The summed E-state index contributed by atoms with van der Waals surface area (Å²) in [5.41, 5.74) is 0.676. The second-order valence-electron chi connectivity index (χ2n) is 9.15. The maximum atomic E-state index is 11.6. The van der Waals surface area contributed by atoms with Gasteiger partial charge in [0.25, 0.3) is 0 Å². The standard InChI is InChI=1S/C22H32N4O14P2.Mn.Na/c1-13-21(31)15(5-17(23-13)11-39-41(33,34)35)7-25(9-19(27)28)3-4-26(10-20(29)30)8-16-6-18(12-40-42(36,37)38)24-14(2)22(16)32;;/h5-6,31-32H,3-4,7-12H2,1-2H3,(H,27,28)(H,29,30)(H2,33,34,35)(H2,36,37,38);;/q;;+1. The quantitative estimate of drug-likeness (QED) is 0.0606. The summed E-state index contributed by atoms with van der Waals surface area (Å²) in [6, 6.07) is 2.59. The number of aryl methyl sites for hydroxylation is 2. The third-order valence-electron chi connectivity index (χ3n) is 5.60. The molecule has 2 rings (SSSR count). The molecule has 0 amide bonds. The number of phosphoric ester groups is 2. The average Bonchev–Trinajstić information content (AvgIpc) is 2.84. The number of aromatic nitrogens is 2. The monoisotopic (exact) mass is 716 g/mol. The number of carboxylic acid groups (broad SMARTS) is 2. The largest absolute Gasteiger partial charge is 1.00 e. The smallest absolute Gasteiger partial charge is 0.506 e. The minimum Gasteiger partial charge on any atom is -0.506 e. The summed E-state index contributed by atoms with van der Waals surface area (Å²) in [4.78, 5) is 69.7. The molecule has 0 atom stereocenters. The molecule has 0 fully saturated rings. The first-order chi connectivity index (χ1) is 19.3. The van der Waals surface area contributed by atoms with E-state index < -0.39 is 53.9 Å². The summed E-state index contributed by atoms with van der Waals surface area (Å²) in [6.07, 6.45) is 0. The number of rotatable bonds is 17. The zero-order valence-electron chi connectivity index (χ0n) is 23.9. The second kappa shape index (κ2) is 18.6. The maximum Gasteiger partial charge on any atom is 1.00 e. The molecule has 0 bridgehead atoms. The van der Waals surface area contributed by atoms with Gasteiger partial charge in [-0.2, -0.15) is 0 Å². The molecule has 0 spiro atoms. The van der Waals surface area contributed by atoms with Crippen molar-refractivity contribution in [3.8, 4) is 11.5 Å². The number of nitrogens with zero attached hydrogens (tertiary/aromatic N) is 4. The number of aliphatic carboxylic acids is 2. The van der Waals surface area contributed by atoms with E-state index in [2.05, 4.69) is 19.0 Å². The van der Waals surface area contributed by atoms with Crippen LogP contribution < -0.4 is 29.6 Å². The van der Waals surface area contributed by atoms with Gasteiger partial charge in [-0.1, -0.05) is 0 Å². The Balaban J connectivity index is 0.00000924. The van der Waals surface area contributed by atoms with Gasteiger partial charge in [0.05, 0.1) is 35.9 Å². The molecule has 44 heavy (non-hydrogen) atoms. The fourth-order valence-corrected chi connectivity index (χ4v) is 4.47. The predicted octanol–water partition coefficient (Wildman–Crippen LogP) is -2.80. The number of pyridine rings is 2. The zero-order valence-corrected chi connectivity index (χ0v) is 28.9. The van der Waals surface area contributed by atoms with Gasteiger partial charge in [0.1, 0.15) is 24.7 Å². The van der Waals surface area contributed by atoms with Crippen molar-refractivity contribution in [3.05, 3.63) is 46.0 Å². The van der Waals surface area contributed by atoms with Crippen LogP contribution in [0.25, 0.3) is 0 Å². The van der Waals surface area contributed by atoms with Crippen LogP contribution in [0.1, 0.15) is 33.9 Å². The molecule has 0 aliphatic heterocycles. The Labute approximate surface area is 284 Å². The van der Waals surface area contributed by atoms with Crippen molar-refractivity contribution in [2.24, 2.45) is 0 Å². The van der Waals surface area contributed by atoms with Gasteiger partial charge >= 0.3 is 57.1 Å². The van der Waals surface area contributed by atoms with E-state index in [0.717, 1.165) is 0 Å². The van der Waals surface area contributed by atoms with Gasteiger partial charge in [0.15, 0.2) is 0 Å². The number of phosphoric acid groups is 2. The van der Waals surface area contributed by atoms with Crippen molar-refractivity contribution in [1.29, 1.82) is 0 Å². The van der Waals surface area contributed by atoms with E-state index >= 15 is 0 Å². The molecule has 0 unspecified atom stereocenters. The summed E-state index contributed by atoms with van der Waals surface area (Å²) in [6.45, 7) is 0.195. The topological polar surface area (TPSA) is 281 Å². The molecule has 2 aromatic rings. The van der Waals surface area contributed by atoms with Crippen molar-refractivity contribution in [3.63, 3.8) is 0 Å². The van der Waals surface area contributed by atoms with Crippen LogP contribution in [-0.4, -0.2) is 97.9 Å². The molecule has 241 valence electrons. The predicted molar refractivity (Wildman–Crippen MR) is 141 cm³/mol. The van der Waals surface area contributed by atoms with Crippen LogP contribution in [0.5, 0.6) is 11.5 Å². The third-order valence-corrected chi connectivity index (χ3v) is 6.53. The Morgan fingerprint density at radius 3 is 1.34 bits per heavy atom. The summed E-state index contributed by atoms with van der Waals surface area (Å²) in [5, 5.41) is 39.8. The fourth-order valence-electron chi connectivity index (χ4n) is 3.87. The Morgan fingerprint density at radius 2 is 1.07 bits per heavy atom. The van der Waals surface area contributed by atoms with Crippen LogP contribution >= 0.6 is 15.6 Å². The van der Waals surface area contributed by atoms with E-state index in [1.807, 2.05) is 0 Å². The van der Waals surface area contributed by atoms with Gasteiger partial charge in [-0.15, -0.1) is 0 Å². The van der Waals surface area contributed by atoms with Crippen molar-refractivity contribution in [1.82, 2.24) is 19.8 Å². The van der Waals surface area contributed by atoms with Gasteiger partial charge < -0.3 is 40.0 Å². The van der Waals surface area contributed by atoms with Crippen LogP contribution in [0.15, 0.2) is 12.1 Å². The SMILES string of the molecule is Cc1nc(COP(=O)(O)O)cc(CN(CCN(CC(=O)O)Cc2cc(COP(=O)(O)O)nc(C)c2O)CC(=O)O)c1O.[Mn].[Na+]. The maximum absolute atomic E-state index is 11.6. The molecule has 0 saturated heterocycles. The number of aromatic hydroxyl groups is 2. The van der Waals surface area contributed by atoms with Crippen LogP contribution in [0, 0.1) is 13.8 Å². The Morgan fingerprint density at radius 1 is 0.750 bits per heavy atom. The van der Waals surface area contributed by atoms with E-state index in [-0.39, 0.29) is 118 Å².